The van der Waals surface area contributed by atoms with Crippen molar-refractivity contribution in [2.24, 2.45) is 0 Å². The highest BCUT2D eigenvalue weighted by atomic mass is 35.5. The summed E-state index contributed by atoms with van der Waals surface area (Å²) in [6.07, 6.45) is 4.82. The Morgan fingerprint density at radius 3 is 2.44 bits per heavy atom. The first-order chi connectivity index (χ1) is 16.0. The minimum Gasteiger partial charge on any atom is -0.352 e. The van der Waals surface area contributed by atoms with Gasteiger partial charge in [0, 0.05) is 17.6 Å². The van der Waals surface area contributed by atoms with Crippen molar-refractivity contribution in [3.8, 4) is 0 Å². The van der Waals surface area contributed by atoms with E-state index in [1.165, 1.54) is 23.1 Å². The zero-order valence-electron chi connectivity index (χ0n) is 19.2. The zero-order chi connectivity index (χ0) is 24.9. The number of carbonyl (C=O) groups is 2. The fraction of sp³-hybridized carbons (Fsp3) is 0.417. The lowest BCUT2D eigenvalue weighted by Gasteiger charge is -2.32. The van der Waals surface area contributed by atoms with Crippen LogP contribution in [-0.2, 0) is 26.2 Å². The van der Waals surface area contributed by atoms with Gasteiger partial charge in [0.2, 0.25) is 21.8 Å². The smallest absolute Gasteiger partial charge is 0.244 e. The van der Waals surface area contributed by atoms with Crippen molar-refractivity contribution in [3.05, 3.63) is 64.9 Å². The predicted octanol–water partition coefficient (Wildman–Crippen LogP) is 3.72. The molecule has 0 spiro atoms. The van der Waals surface area contributed by atoms with Gasteiger partial charge in [0.05, 0.1) is 11.9 Å². The Morgan fingerprint density at radius 1 is 1.15 bits per heavy atom. The number of nitrogens with zero attached hydrogens (tertiary/aromatic N) is 2. The fourth-order valence-corrected chi connectivity index (χ4v) is 5.11. The minimum absolute atomic E-state index is 0.0293. The molecular formula is C24H29ClFN3O4S. The van der Waals surface area contributed by atoms with Crippen LogP contribution in [0.5, 0.6) is 0 Å². The van der Waals surface area contributed by atoms with Crippen LogP contribution in [0.4, 0.5) is 10.1 Å². The van der Waals surface area contributed by atoms with Crippen molar-refractivity contribution in [1.82, 2.24) is 10.2 Å². The average molecular weight is 510 g/mol. The largest absolute Gasteiger partial charge is 0.352 e. The third kappa shape index (κ3) is 6.93. The van der Waals surface area contributed by atoms with E-state index >= 15 is 0 Å². The van der Waals surface area contributed by atoms with Crippen LogP contribution in [0.25, 0.3) is 0 Å². The summed E-state index contributed by atoms with van der Waals surface area (Å²) in [5.41, 5.74) is 0.722. The molecule has 1 aliphatic rings. The van der Waals surface area contributed by atoms with Crippen LogP contribution >= 0.6 is 11.6 Å². The number of anilines is 1. The first-order valence-electron chi connectivity index (χ1n) is 11.1. The molecule has 1 N–H and O–H groups in total. The molecule has 1 fully saturated rings. The van der Waals surface area contributed by atoms with Crippen molar-refractivity contribution < 1.29 is 22.4 Å². The molecule has 10 heteroatoms. The highest BCUT2D eigenvalue weighted by Crippen LogP contribution is 2.22. The van der Waals surface area contributed by atoms with Gasteiger partial charge in [0.1, 0.15) is 18.4 Å². The van der Waals surface area contributed by atoms with E-state index in [0.717, 1.165) is 42.3 Å². The lowest BCUT2D eigenvalue weighted by Crippen LogP contribution is -2.52. The third-order valence-corrected chi connectivity index (χ3v) is 7.26. The second kappa shape index (κ2) is 11.2. The number of hydrogen-bond acceptors (Lipinski definition) is 4. The van der Waals surface area contributed by atoms with Crippen LogP contribution in [0.3, 0.4) is 0 Å². The highest BCUT2D eigenvalue weighted by Gasteiger charge is 2.31. The number of hydrogen-bond donors (Lipinski definition) is 1. The standard InChI is InChI=1S/C24H29ClFN3O4S/c1-17(24(31)27-21-10-3-4-11-21)28(15-18-7-5-8-19(25)13-18)23(30)16-29(34(2,32)33)22-12-6-9-20(26)14-22/h5-9,12-14,17,21H,3-4,10-11,15-16H2,1-2H3,(H,27,31). The molecule has 3 rings (SSSR count). The maximum atomic E-state index is 13.8. The Morgan fingerprint density at radius 2 is 1.82 bits per heavy atom. The molecule has 1 atom stereocenters. The van der Waals surface area contributed by atoms with E-state index in [1.54, 1.807) is 31.2 Å². The van der Waals surface area contributed by atoms with E-state index < -0.39 is 34.3 Å². The van der Waals surface area contributed by atoms with Crippen LogP contribution in [0.15, 0.2) is 48.5 Å². The number of amides is 2. The van der Waals surface area contributed by atoms with Crippen molar-refractivity contribution in [2.75, 3.05) is 17.1 Å². The SMILES string of the molecule is CC(C(=O)NC1CCCC1)N(Cc1cccc(Cl)c1)C(=O)CN(c1cccc(F)c1)S(C)(=O)=O. The van der Waals surface area contributed by atoms with Gasteiger partial charge in [-0.15, -0.1) is 0 Å². The monoisotopic (exact) mass is 509 g/mol. The highest BCUT2D eigenvalue weighted by molar-refractivity contribution is 7.92. The van der Waals surface area contributed by atoms with E-state index in [2.05, 4.69) is 5.32 Å². The molecule has 184 valence electrons. The Hall–Kier alpha value is -2.65. The summed E-state index contributed by atoms with van der Waals surface area (Å²) in [5.74, 6) is -1.53. The molecule has 2 aromatic carbocycles. The van der Waals surface area contributed by atoms with Crippen LogP contribution in [0, 0.1) is 5.82 Å². The second-order valence-corrected chi connectivity index (χ2v) is 10.9. The van der Waals surface area contributed by atoms with E-state index in [4.69, 9.17) is 11.6 Å². The van der Waals surface area contributed by atoms with Crippen molar-refractivity contribution in [3.63, 3.8) is 0 Å². The Kier molecular flexibility index (Phi) is 8.54. The summed E-state index contributed by atoms with van der Waals surface area (Å²) in [6, 6.07) is 11.1. The van der Waals surface area contributed by atoms with Gasteiger partial charge in [-0.3, -0.25) is 13.9 Å². The molecule has 0 aromatic heterocycles. The molecule has 2 amide bonds. The summed E-state index contributed by atoms with van der Waals surface area (Å²) < 4.78 is 39.6. The van der Waals surface area contributed by atoms with Gasteiger partial charge in [-0.2, -0.15) is 0 Å². The summed E-state index contributed by atoms with van der Waals surface area (Å²) in [4.78, 5) is 27.8. The molecule has 0 saturated heterocycles. The van der Waals surface area contributed by atoms with Gasteiger partial charge in [0.25, 0.3) is 0 Å². The molecule has 0 heterocycles. The molecule has 0 radical (unpaired) electrons. The summed E-state index contributed by atoms with van der Waals surface area (Å²) >= 11 is 6.10. The van der Waals surface area contributed by atoms with Gasteiger partial charge < -0.3 is 10.2 Å². The molecule has 34 heavy (non-hydrogen) atoms. The number of nitrogens with one attached hydrogen (secondary N) is 1. The summed E-state index contributed by atoms with van der Waals surface area (Å²) in [5, 5.41) is 3.47. The normalized spacial score (nSPS) is 15.1. The van der Waals surface area contributed by atoms with E-state index in [1.807, 2.05) is 0 Å². The van der Waals surface area contributed by atoms with Crippen molar-refractivity contribution in [1.29, 1.82) is 0 Å². The van der Waals surface area contributed by atoms with Gasteiger partial charge in [-0.25, -0.2) is 12.8 Å². The Bertz CT molecular complexity index is 1140. The topological polar surface area (TPSA) is 86.8 Å². The lowest BCUT2D eigenvalue weighted by molar-refractivity contribution is -0.139. The van der Waals surface area contributed by atoms with E-state index in [-0.39, 0.29) is 24.2 Å². The van der Waals surface area contributed by atoms with E-state index in [9.17, 15) is 22.4 Å². The maximum absolute atomic E-state index is 13.8. The Balaban J connectivity index is 1.88. The zero-order valence-corrected chi connectivity index (χ0v) is 20.8. The molecular weight excluding hydrogens is 481 g/mol. The first kappa shape index (κ1) is 26.0. The predicted molar refractivity (Wildman–Crippen MR) is 130 cm³/mol. The summed E-state index contributed by atoms with van der Waals surface area (Å²) in [7, 11) is -3.91. The van der Waals surface area contributed by atoms with Crippen molar-refractivity contribution >= 4 is 39.1 Å². The summed E-state index contributed by atoms with van der Waals surface area (Å²) in [6.45, 7) is 1.09. The van der Waals surface area contributed by atoms with Crippen LogP contribution in [0.1, 0.15) is 38.2 Å². The number of rotatable bonds is 9. The molecule has 1 unspecified atom stereocenters. The van der Waals surface area contributed by atoms with Gasteiger partial charge >= 0.3 is 0 Å². The van der Waals surface area contributed by atoms with Crippen LogP contribution < -0.4 is 9.62 Å². The number of carbonyl (C=O) groups excluding carboxylic acids is 2. The number of halogens is 2. The molecule has 1 aliphatic carbocycles. The molecule has 2 aromatic rings. The maximum Gasteiger partial charge on any atom is 0.244 e. The van der Waals surface area contributed by atoms with Crippen molar-refractivity contribution in [2.45, 2.75) is 51.2 Å². The fourth-order valence-electron chi connectivity index (χ4n) is 4.05. The number of sulfonamides is 1. The van der Waals surface area contributed by atoms with E-state index in [0.29, 0.717) is 10.6 Å². The lowest BCUT2D eigenvalue weighted by atomic mass is 10.1. The Labute approximate surface area is 204 Å². The molecule has 0 bridgehead atoms. The third-order valence-electron chi connectivity index (χ3n) is 5.89. The molecule has 7 nitrogen and oxygen atoms in total. The molecule has 1 saturated carbocycles. The van der Waals surface area contributed by atoms with Crippen LogP contribution in [-0.4, -0.2) is 50.0 Å². The van der Waals surface area contributed by atoms with Gasteiger partial charge in [-0.1, -0.05) is 42.6 Å². The van der Waals surface area contributed by atoms with Crippen LogP contribution in [0.2, 0.25) is 5.02 Å². The minimum atomic E-state index is -3.91. The quantitative estimate of drug-likeness (QED) is 0.558. The van der Waals surface area contributed by atoms with Gasteiger partial charge in [-0.05, 0) is 55.7 Å². The van der Waals surface area contributed by atoms with Gasteiger partial charge in [0.15, 0.2) is 0 Å². The second-order valence-electron chi connectivity index (χ2n) is 8.57. The first-order valence-corrected chi connectivity index (χ1v) is 13.3. The average Bonchev–Trinajstić information content (AvgIpc) is 3.27. The molecule has 0 aliphatic heterocycles. The number of benzene rings is 2.